The first-order valence-corrected chi connectivity index (χ1v) is 15.6. The summed E-state index contributed by atoms with van der Waals surface area (Å²) in [5, 5.41) is 4.77. The predicted octanol–water partition coefficient (Wildman–Crippen LogP) is 3.46. The molecule has 2 aliphatic heterocycles. The van der Waals surface area contributed by atoms with Crippen LogP contribution in [0.1, 0.15) is 30.6 Å². The highest BCUT2D eigenvalue weighted by molar-refractivity contribution is 7.92. The van der Waals surface area contributed by atoms with Crippen molar-refractivity contribution in [3.63, 3.8) is 0 Å². The van der Waals surface area contributed by atoms with E-state index in [-0.39, 0.29) is 18.4 Å². The Morgan fingerprint density at radius 2 is 1.88 bits per heavy atom. The summed E-state index contributed by atoms with van der Waals surface area (Å²) in [5.41, 5.74) is 0.750. The zero-order valence-electron chi connectivity index (χ0n) is 21.5. The van der Waals surface area contributed by atoms with Crippen LogP contribution in [-0.4, -0.2) is 72.6 Å². The van der Waals surface area contributed by atoms with E-state index in [9.17, 15) is 22.8 Å². The molecule has 4 heterocycles. The maximum atomic E-state index is 13.2. The number of carbonyl (C=O) groups is 3. The Morgan fingerprint density at radius 1 is 1.07 bits per heavy atom. The van der Waals surface area contributed by atoms with Crippen LogP contribution in [0.2, 0.25) is 4.34 Å². The number of rotatable bonds is 8. The minimum Gasteiger partial charge on any atom is -0.332 e. The summed E-state index contributed by atoms with van der Waals surface area (Å²) in [4.78, 5) is 47.4. The monoisotopic (exact) mass is 601 g/mol. The number of nitrogens with one attached hydrogen (secondary N) is 2. The molecule has 40 heavy (non-hydrogen) atoms. The van der Waals surface area contributed by atoms with E-state index in [1.807, 2.05) is 30.3 Å². The maximum Gasteiger partial charge on any atom is 0.248 e. The van der Waals surface area contributed by atoms with E-state index < -0.39 is 28.0 Å². The van der Waals surface area contributed by atoms with Crippen molar-refractivity contribution in [1.29, 1.82) is 0 Å². The molecule has 13 heteroatoms. The van der Waals surface area contributed by atoms with Gasteiger partial charge in [-0.25, -0.2) is 13.4 Å². The summed E-state index contributed by atoms with van der Waals surface area (Å²) in [6.07, 6.45) is 3.44. The third-order valence-electron chi connectivity index (χ3n) is 6.89. The quantitative estimate of drug-likeness (QED) is 0.407. The lowest BCUT2D eigenvalue weighted by molar-refractivity contribution is -0.144. The Bertz CT molecular complexity index is 1570. The molecule has 2 saturated heterocycles. The van der Waals surface area contributed by atoms with Gasteiger partial charge in [0.1, 0.15) is 17.9 Å². The SMILES string of the molecule is O=C(Nc1ccc2ccccc2n1)[C@@H]1CCCN1C(=O)CN1CCC[C@H](NS(=O)(=O)C=Cc2ccc(Cl)s2)C1=O. The van der Waals surface area contributed by atoms with Crippen LogP contribution >= 0.6 is 22.9 Å². The number of sulfonamides is 1. The van der Waals surface area contributed by atoms with E-state index in [1.165, 1.54) is 27.2 Å². The first-order chi connectivity index (χ1) is 19.2. The van der Waals surface area contributed by atoms with Crippen LogP contribution in [0.5, 0.6) is 0 Å². The molecule has 3 aromatic rings. The van der Waals surface area contributed by atoms with Gasteiger partial charge in [0.15, 0.2) is 0 Å². The highest BCUT2D eigenvalue weighted by Gasteiger charge is 2.37. The van der Waals surface area contributed by atoms with Crippen molar-refractivity contribution in [2.24, 2.45) is 0 Å². The summed E-state index contributed by atoms with van der Waals surface area (Å²) in [6, 6.07) is 12.9. The number of amides is 3. The summed E-state index contributed by atoms with van der Waals surface area (Å²) >= 11 is 7.12. The molecule has 210 valence electrons. The first kappa shape index (κ1) is 28.2. The Hall–Kier alpha value is -3.32. The van der Waals surface area contributed by atoms with E-state index in [1.54, 1.807) is 18.2 Å². The molecule has 5 rings (SSSR count). The van der Waals surface area contributed by atoms with E-state index in [0.29, 0.717) is 53.8 Å². The molecule has 0 saturated carbocycles. The fourth-order valence-corrected chi connectivity index (χ4v) is 7.03. The fraction of sp³-hybridized carbons (Fsp3) is 0.333. The van der Waals surface area contributed by atoms with Crippen LogP contribution in [0.3, 0.4) is 0 Å². The number of piperidine rings is 1. The van der Waals surface area contributed by atoms with E-state index in [0.717, 1.165) is 16.3 Å². The molecular formula is C27H28ClN5O5S2. The third-order valence-corrected chi connectivity index (χ3v) is 9.20. The van der Waals surface area contributed by atoms with Gasteiger partial charge >= 0.3 is 0 Å². The van der Waals surface area contributed by atoms with Crippen molar-refractivity contribution in [2.75, 3.05) is 25.0 Å². The summed E-state index contributed by atoms with van der Waals surface area (Å²) < 4.78 is 28.1. The Morgan fingerprint density at radius 3 is 2.67 bits per heavy atom. The number of nitrogens with zero attached hydrogens (tertiary/aromatic N) is 3. The van der Waals surface area contributed by atoms with Crippen LogP contribution in [0.4, 0.5) is 5.82 Å². The van der Waals surface area contributed by atoms with Gasteiger partial charge in [0.05, 0.1) is 16.4 Å². The Balaban J connectivity index is 1.19. The predicted molar refractivity (Wildman–Crippen MR) is 155 cm³/mol. The van der Waals surface area contributed by atoms with Gasteiger partial charge in [0, 0.05) is 28.8 Å². The number of benzene rings is 1. The largest absolute Gasteiger partial charge is 0.332 e. The van der Waals surface area contributed by atoms with Crippen LogP contribution in [0.15, 0.2) is 53.9 Å². The molecule has 2 aliphatic rings. The molecule has 0 unspecified atom stereocenters. The third kappa shape index (κ3) is 6.69. The van der Waals surface area contributed by atoms with Crippen LogP contribution < -0.4 is 10.0 Å². The van der Waals surface area contributed by atoms with Crippen molar-refractivity contribution in [3.8, 4) is 0 Å². The Labute approximate surface area is 241 Å². The number of aromatic nitrogens is 1. The normalized spacial score (nSPS) is 20.0. The van der Waals surface area contributed by atoms with Gasteiger partial charge in [-0.05, 0) is 62.1 Å². The fourth-order valence-electron chi connectivity index (χ4n) is 4.96. The summed E-state index contributed by atoms with van der Waals surface area (Å²) in [5.74, 6) is -0.740. The average Bonchev–Trinajstić information content (AvgIpc) is 3.59. The van der Waals surface area contributed by atoms with Crippen LogP contribution in [-0.2, 0) is 24.4 Å². The van der Waals surface area contributed by atoms with Gasteiger partial charge in [-0.3, -0.25) is 14.4 Å². The van der Waals surface area contributed by atoms with Crippen LogP contribution in [0.25, 0.3) is 17.0 Å². The molecule has 2 fully saturated rings. The zero-order valence-corrected chi connectivity index (χ0v) is 23.8. The van der Waals surface area contributed by atoms with Crippen LogP contribution in [0, 0.1) is 0 Å². The molecule has 2 aromatic heterocycles. The number of hydrogen-bond acceptors (Lipinski definition) is 7. The molecule has 0 aliphatic carbocycles. The summed E-state index contributed by atoms with van der Waals surface area (Å²) in [6.45, 7) is 0.508. The summed E-state index contributed by atoms with van der Waals surface area (Å²) in [7, 11) is -3.90. The minimum atomic E-state index is -3.90. The van der Waals surface area contributed by atoms with E-state index in [2.05, 4.69) is 15.0 Å². The lowest BCUT2D eigenvalue weighted by Crippen LogP contribution is -2.55. The van der Waals surface area contributed by atoms with Crippen molar-refractivity contribution in [2.45, 2.75) is 37.8 Å². The molecule has 0 spiro atoms. The highest BCUT2D eigenvalue weighted by Crippen LogP contribution is 2.24. The first-order valence-electron chi connectivity index (χ1n) is 12.9. The lowest BCUT2D eigenvalue weighted by Gasteiger charge is -2.33. The zero-order chi connectivity index (χ0) is 28.3. The second-order valence-electron chi connectivity index (χ2n) is 9.69. The number of anilines is 1. The molecule has 3 amide bonds. The topological polar surface area (TPSA) is 129 Å². The number of hydrogen-bond donors (Lipinski definition) is 2. The number of halogens is 1. The number of thiophene rings is 1. The van der Waals surface area contributed by atoms with E-state index >= 15 is 0 Å². The van der Waals surface area contributed by atoms with Crippen molar-refractivity contribution < 1.29 is 22.8 Å². The van der Waals surface area contributed by atoms with Crippen molar-refractivity contribution in [1.82, 2.24) is 19.5 Å². The van der Waals surface area contributed by atoms with Gasteiger partial charge in [-0.15, -0.1) is 11.3 Å². The minimum absolute atomic E-state index is 0.224. The van der Waals surface area contributed by atoms with E-state index in [4.69, 9.17) is 11.6 Å². The molecule has 0 bridgehead atoms. The average molecular weight is 602 g/mol. The molecule has 0 radical (unpaired) electrons. The highest BCUT2D eigenvalue weighted by atomic mass is 35.5. The van der Waals surface area contributed by atoms with Crippen molar-refractivity contribution >= 4 is 73.5 Å². The Kier molecular flexibility index (Phi) is 8.50. The second-order valence-corrected chi connectivity index (χ2v) is 13.0. The standard InChI is InChI=1S/C27H28ClN5O5S2/c28-23-11-10-19(39-23)13-16-40(37,38)31-21-7-3-14-32(27(21)36)17-25(34)33-15-4-8-22(33)26(35)30-24-12-9-18-5-1-2-6-20(18)29-24/h1-2,5-6,9-13,16,21-22,31H,3-4,7-8,14-15,17H2,(H,29,30,35)/t21-,22-/m0/s1. The van der Waals surface area contributed by atoms with Gasteiger partial charge < -0.3 is 15.1 Å². The van der Waals surface area contributed by atoms with Gasteiger partial charge in [-0.2, -0.15) is 4.72 Å². The van der Waals surface area contributed by atoms with Gasteiger partial charge in [0.2, 0.25) is 27.7 Å². The second kappa shape index (κ2) is 12.0. The van der Waals surface area contributed by atoms with Gasteiger partial charge in [0.25, 0.3) is 0 Å². The van der Waals surface area contributed by atoms with Crippen molar-refractivity contribution in [3.05, 3.63) is 63.2 Å². The van der Waals surface area contributed by atoms with Gasteiger partial charge in [-0.1, -0.05) is 29.8 Å². The number of para-hydroxylation sites is 1. The maximum absolute atomic E-state index is 13.2. The molecular weight excluding hydrogens is 574 g/mol. The molecule has 2 atom stereocenters. The molecule has 10 nitrogen and oxygen atoms in total. The number of carbonyl (C=O) groups excluding carboxylic acids is 3. The number of likely N-dealkylation sites (tertiary alicyclic amines) is 2. The smallest absolute Gasteiger partial charge is 0.248 e. The molecule has 2 N–H and O–H groups in total. The molecule has 1 aromatic carbocycles. The number of fused-ring (bicyclic) bond motifs is 1. The lowest BCUT2D eigenvalue weighted by atomic mass is 10.1. The number of pyridine rings is 1.